The Kier molecular flexibility index (Phi) is 2.14. The smallest absolute Gasteiger partial charge is 0.145 e. The predicted octanol–water partition coefficient (Wildman–Crippen LogP) is 2.29. The maximum absolute atomic E-state index is 10.5. The lowest BCUT2D eigenvalue weighted by molar-refractivity contribution is -0.104. The number of aldehydes is 1. The molecule has 11 heavy (non-hydrogen) atoms. The molecule has 0 aliphatic carbocycles. The molecular formula is C10H10O. The largest absolute Gasteiger partial charge is 0.298 e. The van der Waals surface area contributed by atoms with E-state index in [1.54, 1.807) is 13.0 Å². The molecule has 1 nitrogen and oxygen atoms in total. The molecule has 1 heteroatoms. The third-order valence-corrected chi connectivity index (χ3v) is 1.34. The van der Waals surface area contributed by atoms with Crippen molar-refractivity contribution in [3.8, 4) is 0 Å². The standard InChI is InChI=1S/C10H10O/c1-9(8-11)7-10-5-3-2-4-6-10/h2-8H,1H3/b9-7+/i8D. The molecule has 56 valence electrons. The van der Waals surface area contributed by atoms with Crippen LogP contribution in [0.4, 0.5) is 0 Å². The quantitative estimate of drug-likeness (QED) is 0.463. The highest BCUT2D eigenvalue weighted by Crippen LogP contribution is 2.03. The van der Waals surface area contributed by atoms with Gasteiger partial charge in [0.15, 0.2) is 0 Å². The van der Waals surface area contributed by atoms with Gasteiger partial charge in [-0.15, -0.1) is 0 Å². The van der Waals surface area contributed by atoms with E-state index in [0.29, 0.717) is 5.57 Å². The number of rotatable bonds is 2. The second kappa shape index (κ2) is 3.71. The summed E-state index contributed by atoms with van der Waals surface area (Å²) in [6, 6.07) is 9.50. The summed E-state index contributed by atoms with van der Waals surface area (Å²) >= 11 is 0. The second-order valence-corrected chi connectivity index (χ2v) is 2.34. The Bertz CT molecular complexity index is 301. The summed E-state index contributed by atoms with van der Waals surface area (Å²) in [4.78, 5) is 10.5. The van der Waals surface area contributed by atoms with Gasteiger partial charge in [-0.2, -0.15) is 0 Å². The molecule has 0 radical (unpaired) electrons. The van der Waals surface area contributed by atoms with E-state index in [1.165, 1.54) is 0 Å². The number of hydrogen-bond acceptors (Lipinski definition) is 1. The fourth-order valence-corrected chi connectivity index (χ4v) is 0.829. The number of carbonyl (C=O) groups is 1. The van der Waals surface area contributed by atoms with Crippen LogP contribution in [0.1, 0.15) is 13.9 Å². The van der Waals surface area contributed by atoms with E-state index < -0.39 is 6.26 Å². The molecule has 0 atom stereocenters. The molecule has 0 amide bonds. The minimum Gasteiger partial charge on any atom is -0.298 e. The zero-order valence-corrected chi connectivity index (χ0v) is 6.37. The molecule has 0 aliphatic heterocycles. The van der Waals surface area contributed by atoms with Gasteiger partial charge in [-0.3, -0.25) is 4.79 Å². The van der Waals surface area contributed by atoms with Crippen LogP contribution in [0.3, 0.4) is 0 Å². The Labute approximate surface area is 67.8 Å². The van der Waals surface area contributed by atoms with Crippen LogP contribution in [0.25, 0.3) is 6.08 Å². The van der Waals surface area contributed by atoms with Crippen LogP contribution in [0.2, 0.25) is 0 Å². The zero-order chi connectivity index (χ0) is 8.97. The number of carbonyl (C=O) groups excluding carboxylic acids is 1. The van der Waals surface area contributed by atoms with Crippen molar-refractivity contribution in [3.63, 3.8) is 0 Å². The van der Waals surface area contributed by atoms with Gasteiger partial charge in [-0.1, -0.05) is 30.3 Å². The maximum atomic E-state index is 10.5. The van der Waals surface area contributed by atoms with Crippen molar-refractivity contribution in [2.45, 2.75) is 6.92 Å². The predicted molar refractivity (Wildman–Crippen MR) is 46.2 cm³/mol. The zero-order valence-electron chi connectivity index (χ0n) is 7.37. The molecule has 0 fully saturated rings. The SMILES string of the molecule is [2H]C(=O)/C(C)=C/c1ccccc1. The minimum absolute atomic E-state index is 0.459. The van der Waals surface area contributed by atoms with Crippen LogP contribution in [0.15, 0.2) is 35.9 Å². The van der Waals surface area contributed by atoms with Crippen LogP contribution in [0, 0.1) is 0 Å². The van der Waals surface area contributed by atoms with E-state index >= 15 is 0 Å². The van der Waals surface area contributed by atoms with Gasteiger partial charge in [0.25, 0.3) is 0 Å². The molecule has 0 unspecified atom stereocenters. The Balaban J connectivity index is 2.89. The maximum Gasteiger partial charge on any atom is 0.145 e. The third kappa shape index (κ3) is 2.38. The van der Waals surface area contributed by atoms with E-state index in [0.717, 1.165) is 5.56 Å². The molecule has 0 saturated carbocycles. The van der Waals surface area contributed by atoms with Crippen LogP contribution < -0.4 is 0 Å². The Morgan fingerprint density at radius 2 is 2.09 bits per heavy atom. The van der Waals surface area contributed by atoms with Crippen LogP contribution in [0.5, 0.6) is 0 Å². The first-order valence-corrected chi connectivity index (χ1v) is 3.44. The molecule has 0 aliphatic rings. The van der Waals surface area contributed by atoms with E-state index in [-0.39, 0.29) is 0 Å². The third-order valence-electron chi connectivity index (χ3n) is 1.34. The van der Waals surface area contributed by atoms with Crippen molar-refractivity contribution in [3.05, 3.63) is 41.5 Å². The minimum atomic E-state index is -0.626. The van der Waals surface area contributed by atoms with Crippen molar-refractivity contribution in [2.24, 2.45) is 0 Å². The highest BCUT2D eigenvalue weighted by molar-refractivity contribution is 5.80. The van der Waals surface area contributed by atoms with Crippen molar-refractivity contribution in [1.29, 1.82) is 0 Å². The van der Waals surface area contributed by atoms with Gasteiger partial charge < -0.3 is 0 Å². The topological polar surface area (TPSA) is 17.1 Å². The molecule has 0 heterocycles. The second-order valence-electron chi connectivity index (χ2n) is 2.34. The Hall–Kier alpha value is -1.37. The molecule has 1 rings (SSSR count). The first kappa shape index (κ1) is 6.35. The highest BCUT2D eigenvalue weighted by atomic mass is 16.1. The van der Waals surface area contributed by atoms with Gasteiger partial charge in [0.1, 0.15) is 7.63 Å². The fraction of sp³-hybridized carbons (Fsp3) is 0.100. The summed E-state index contributed by atoms with van der Waals surface area (Å²) in [6.45, 7) is 1.64. The van der Waals surface area contributed by atoms with E-state index in [4.69, 9.17) is 1.37 Å². The molecule has 0 bridgehead atoms. The summed E-state index contributed by atoms with van der Waals surface area (Å²) in [5.74, 6) is 0. The number of hydrogen-bond donors (Lipinski definition) is 0. The summed E-state index contributed by atoms with van der Waals surface area (Å²) in [5.41, 5.74) is 1.41. The Morgan fingerprint density at radius 3 is 2.64 bits per heavy atom. The molecule has 0 saturated heterocycles. The van der Waals surface area contributed by atoms with Crippen molar-refractivity contribution < 1.29 is 6.17 Å². The molecule has 1 aromatic carbocycles. The molecule has 1 aromatic rings. The van der Waals surface area contributed by atoms with Crippen LogP contribution in [-0.2, 0) is 4.79 Å². The first-order valence-electron chi connectivity index (χ1n) is 3.94. The average molecular weight is 147 g/mol. The normalized spacial score (nSPS) is 12.5. The number of allylic oxidation sites excluding steroid dienone is 1. The summed E-state index contributed by atoms with van der Waals surface area (Å²) < 4.78 is 6.83. The lowest BCUT2D eigenvalue weighted by atomic mass is 10.1. The molecule has 0 spiro atoms. The lowest BCUT2D eigenvalue weighted by Gasteiger charge is -1.90. The summed E-state index contributed by atoms with van der Waals surface area (Å²) in [6.07, 6.45) is 1.08. The first-order chi connectivity index (χ1) is 5.70. The van der Waals surface area contributed by atoms with Gasteiger partial charge in [0.2, 0.25) is 0 Å². The molecule has 0 N–H and O–H groups in total. The van der Waals surface area contributed by atoms with E-state index in [1.807, 2.05) is 30.3 Å². The van der Waals surface area contributed by atoms with Crippen molar-refractivity contribution in [2.75, 3.05) is 0 Å². The van der Waals surface area contributed by atoms with Crippen molar-refractivity contribution in [1.82, 2.24) is 0 Å². The summed E-state index contributed by atoms with van der Waals surface area (Å²) in [7, 11) is 0. The monoisotopic (exact) mass is 147 g/mol. The van der Waals surface area contributed by atoms with Crippen molar-refractivity contribution >= 4 is 12.3 Å². The molecular weight excluding hydrogens is 136 g/mol. The molecule has 0 aromatic heterocycles. The van der Waals surface area contributed by atoms with Gasteiger partial charge in [0.05, 0.1) is 0 Å². The highest BCUT2D eigenvalue weighted by Gasteiger charge is 1.85. The van der Waals surface area contributed by atoms with Gasteiger partial charge in [-0.25, -0.2) is 0 Å². The van der Waals surface area contributed by atoms with Gasteiger partial charge >= 0.3 is 0 Å². The van der Waals surface area contributed by atoms with E-state index in [2.05, 4.69) is 0 Å². The average Bonchev–Trinajstić information content (AvgIpc) is 2.06. The van der Waals surface area contributed by atoms with Crippen LogP contribution in [-0.4, -0.2) is 6.26 Å². The summed E-state index contributed by atoms with van der Waals surface area (Å²) in [5, 5.41) is 0. The fourth-order valence-electron chi connectivity index (χ4n) is 0.829. The lowest BCUT2D eigenvalue weighted by Crippen LogP contribution is -1.76. The van der Waals surface area contributed by atoms with Crippen LogP contribution >= 0.6 is 0 Å². The Morgan fingerprint density at radius 1 is 1.45 bits per heavy atom. The van der Waals surface area contributed by atoms with Gasteiger partial charge in [0, 0.05) is 0 Å². The number of benzene rings is 1. The van der Waals surface area contributed by atoms with E-state index in [9.17, 15) is 4.79 Å². The van der Waals surface area contributed by atoms with Gasteiger partial charge in [-0.05, 0) is 24.1 Å².